The summed E-state index contributed by atoms with van der Waals surface area (Å²) in [4.78, 5) is 1.04. The van der Waals surface area contributed by atoms with Gasteiger partial charge in [0.2, 0.25) is 0 Å². The minimum atomic E-state index is 0.376. The first-order valence-corrected chi connectivity index (χ1v) is 5.31. The first-order chi connectivity index (χ1) is 6.13. The van der Waals surface area contributed by atoms with Gasteiger partial charge >= 0.3 is 0 Å². The van der Waals surface area contributed by atoms with E-state index in [1.54, 1.807) is 17.8 Å². The van der Waals surface area contributed by atoms with Crippen molar-refractivity contribution in [3.63, 3.8) is 0 Å². The summed E-state index contributed by atoms with van der Waals surface area (Å²) in [5.74, 6) is 0. The Kier molecular flexibility index (Phi) is 3.90. The molecule has 0 saturated heterocycles. The van der Waals surface area contributed by atoms with E-state index in [1.807, 2.05) is 12.1 Å². The molecule has 4 N–H and O–H groups in total. The summed E-state index contributed by atoms with van der Waals surface area (Å²) in [6.45, 7) is 2.71. The first kappa shape index (κ1) is 10.7. The van der Waals surface area contributed by atoms with Crippen LogP contribution in [0.1, 0.15) is 6.92 Å². The lowest BCUT2D eigenvalue weighted by molar-refractivity contribution is 0.951. The quantitative estimate of drug-likeness (QED) is 0.603. The molecule has 0 radical (unpaired) electrons. The van der Waals surface area contributed by atoms with Crippen molar-refractivity contribution in [1.82, 2.24) is 0 Å². The number of thioether (sulfide) groups is 1. The Morgan fingerprint density at radius 3 is 2.77 bits per heavy atom. The third kappa shape index (κ3) is 3.10. The number of nitrogen functional groups attached to an aromatic ring is 1. The summed E-state index contributed by atoms with van der Waals surface area (Å²) < 4.78 is 0. The maximum Gasteiger partial charge on any atom is 0.0562 e. The van der Waals surface area contributed by atoms with Gasteiger partial charge in [-0.1, -0.05) is 18.5 Å². The number of nitrogens with two attached hydrogens (primary N) is 2. The average molecular weight is 217 g/mol. The molecule has 0 aliphatic heterocycles. The third-order valence-corrected chi connectivity index (χ3v) is 3.25. The largest absolute Gasteiger partial charge is 0.399 e. The van der Waals surface area contributed by atoms with Crippen LogP contribution in [-0.2, 0) is 0 Å². The molecule has 1 rings (SSSR count). The SMILES string of the molecule is CC(CN)Sc1ccc(N)cc1Cl. The summed E-state index contributed by atoms with van der Waals surface area (Å²) in [6, 6.07) is 5.53. The molecule has 1 aromatic rings. The molecule has 72 valence electrons. The number of benzene rings is 1. The summed E-state index contributed by atoms with van der Waals surface area (Å²) in [5, 5.41) is 1.08. The van der Waals surface area contributed by atoms with Crippen molar-refractivity contribution in [2.75, 3.05) is 12.3 Å². The van der Waals surface area contributed by atoms with Crippen LogP contribution in [0, 0.1) is 0 Å². The Hall–Kier alpha value is -0.380. The van der Waals surface area contributed by atoms with Crippen LogP contribution in [0.4, 0.5) is 5.69 Å². The van der Waals surface area contributed by atoms with Crippen LogP contribution in [0.3, 0.4) is 0 Å². The fourth-order valence-corrected chi connectivity index (χ4v) is 2.05. The van der Waals surface area contributed by atoms with Crippen LogP contribution >= 0.6 is 23.4 Å². The zero-order valence-electron chi connectivity index (χ0n) is 7.46. The van der Waals surface area contributed by atoms with E-state index in [0.29, 0.717) is 22.5 Å². The van der Waals surface area contributed by atoms with Crippen molar-refractivity contribution in [3.05, 3.63) is 23.2 Å². The van der Waals surface area contributed by atoms with E-state index in [4.69, 9.17) is 23.1 Å². The monoisotopic (exact) mass is 216 g/mol. The molecule has 13 heavy (non-hydrogen) atoms. The van der Waals surface area contributed by atoms with Crippen LogP contribution < -0.4 is 11.5 Å². The van der Waals surface area contributed by atoms with Gasteiger partial charge in [0, 0.05) is 22.4 Å². The zero-order chi connectivity index (χ0) is 9.84. The molecule has 0 amide bonds. The second-order valence-corrected chi connectivity index (χ2v) is 4.74. The van der Waals surface area contributed by atoms with Gasteiger partial charge in [-0.2, -0.15) is 0 Å². The maximum atomic E-state index is 5.99. The normalized spacial score (nSPS) is 12.8. The predicted molar refractivity (Wildman–Crippen MR) is 60.2 cm³/mol. The molecule has 0 aliphatic carbocycles. The highest BCUT2D eigenvalue weighted by Crippen LogP contribution is 2.31. The van der Waals surface area contributed by atoms with Crippen molar-refractivity contribution < 1.29 is 0 Å². The highest BCUT2D eigenvalue weighted by atomic mass is 35.5. The zero-order valence-corrected chi connectivity index (χ0v) is 9.03. The van der Waals surface area contributed by atoms with Gasteiger partial charge < -0.3 is 11.5 Å². The molecule has 0 fully saturated rings. The van der Waals surface area contributed by atoms with Crippen LogP contribution in [0.5, 0.6) is 0 Å². The van der Waals surface area contributed by atoms with Crippen LogP contribution in [-0.4, -0.2) is 11.8 Å². The molecule has 1 atom stereocenters. The van der Waals surface area contributed by atoms with Gasteiger partial charge in [-0.3, -0.25) is 0 Å². The van der Waals surface area contributed by atoms with Crippen molar-refractivity contribution in [1.29, 1.82) is 0 Å². The molecule has 0 aliphatic rings. The summed E-state index contributed by atoms with van der Waals surface area (Å²) in [5.41, 5.74) is 11.8. The van der Waals surface area contributed by atoms with Crippen molar-refractivity contribution >= 4 is 29.1 Å². The fourth-order valence-electron chi connectivity index (χ4n) is 0.878. The van der Waals surface area contributed by atoms with E-state index in [2.05, 4.69) is 6.92 Å². The first-order valence-electron chi connectivity index (χ1n) is 4.05. The summed E-state index contributed by atoms with van der Waals surface area (Å²) in [7, 11) is 0. The van der Waals surface area contributed by atoms with Gasteiger partial charge in [0.15, 0.2) is 0 Å². The van der Waals surface area contributed by atoms with Gasteiger partial charge in [-0.05, 0) is 18.2 Å². The molecule has 0 saturated carbocycles. The van der Waals surface area contributed by atoms with Crippen molar-refractivity contribution in [2.24, 2.45) is 5.73 Å². The predicted octanol–water partition coefficient (Wildman–Crippen LogP) is 2.36. The summed E-state index contributed by atoms with van der Waals surface area (Å²) in [6.07, 6.45) is 0. The van der Waals surface area contributed by atoms with E-state index in [0.717, 1.165) is 4.90 Å². The smallest absolute Gasteiger partial charge is 0.0562 e. The Bertz CT molecular complexity index is 291. The molecule has 1 unspecified atom stereocenters. The molecule has 0 spiro atoms. The van der Waals surface area contributed by atoms with Crippen molar-refractivity contribution in [2.45, 2.75) is 17.1 Å². The van der Waals surface area contributed by atoms with Gasteiger partial charge in [0.1, 0.15) is 0 Å². The fraction of sp³-hybridized carbons (Fsp3) is 0.333. The van der Waals surface area contributed by atoms with Crippen LogP contribution in [0.2, 0.25) is 5.02 Å². The maximum absolute atomic E-state index is 5.99. The number of anilines is 1. The minimum Gasteiger partial charge on any atom is -0.399 e. The molecule has 4 heteroatoms. The molecule has 0 aromatic heterocycles. The van der Waals surface area contributed by atoms with Gasteiger partial charge in [0.25, 0.3) is 0 Å². The van der Waals surface area contributed by atoms with Gasteiger partial charge in [0.05, 0.1) is 5.02 Å². The number of halogens is 1. The summed E-state index contributed by atoms with van der Waals surface area (Å²) >= 11 is 7.66. The third-order valence-electron chi connectivity index (χ3n) is 1.62. The lowest BCUT2D eigenvalue weighted by Gasteiger charge is -2.09. The number of hydrogen-bond donors (Lipinski definition) is 2. The highest BCUT2D eigenvalue weighted by molar-refractivity contribution is 8.00. The Morgan fingerprint density at radius 1 is 1.54 bits per heavy atom. The highest BCUT2D eigenvalue weighted by Gasteiger charge is 2.05. The van der Waals surface area contributed by atoms with Crippen LogP contribution in [0.15, 0.2) is 23.1 Å². The number of hydrogen-bond acceptors (Lipinski definition) is 3. The van der Waals surface area contributed by atoms with E-state index in [-0.39, 0.29) is 0 Å². The van der Waals surface area contributed by atoms with E-state index in [1.165, 1.54) is 0 Å². The Balaban J connectivity index is 2.77. The van der Waals surface area contributed by atoms with E-state index in [9.17, 15) is 0 Å². The number of rotatable bonds is 3. The molecular formula is C9H13ClN2S. The second-order valence-electron chi connectivity index (χ2n) is 2.85. The van der Waals surface area contributed by atoms with E-state index < -0.39 is 0 Å². The average Bonchev–Trinajstić information content (AvgIpc) is 2.09. The Morgan fingerprint density at radius 2 is 2.23 bits per heavy atom. The van der Waals surface area contributed by atoms with Crippen LogP contribution in [0.25, 0.3) is 0 Å². The van der Waals surface area contributed by atoms with Gasteiger partial charge in [-0.15, -0.1) is 11.8 Å². The molecule has 2 nitrogen and oxygen atoms in total. The molecule has 1 aromatic carbocycles. The molecular weight excluding hydrogens is 204 g/mol. The molecule has 0 heterocycles. The second kappa shape index (κ2) is 4.74. The molecule has 0 bridgehead atoms. The Labute approximate surface area is 87.6 Å². The lowest BCUT2D eigenvalue weighted by Crippen LogP contribution is -2.12. The van der Waals surface area contributed by atoms with Crippen molar-refractivity contribution in [3.8, 4) is 0 Å². The minimum absolute atomic E-state index is 0.376. The topological polar surface area (TPSA) is 52.0 Å². The standard InChI is InChI=1S/C9H13ClN2S/c1-6(5-11)13-9-3-2-7(12)4-8(9)10/h2-4,6H,5,11-12H2,1H3. The lowest BCUT2D eigenvalue weighted by atomic mass is 10.3. The van der Waals surface area contributed by atoms with E-state index >= 15 is 0 Å². The van der Waals surface area contributed by atoms with Gasteiger partial charge in [-0.25, -0.2) is 0 Å².